The van der Waals surface area contributed by atoms with Crippen molar-refractivity contribution in [3.63, 3.8) is 0 Å². The van der Waals surface area contributed by atoms with Crippen LogP contribution < -0.4 is 5.32 Å². The molecule has 16 heavy (non-hydrogen) atoms. The van der Waals surface area contributed by atoms with Gasteiger partial charge in [0.05, 0.1) is 23.9 Å². The monoisotopic (exact) mass is 240 g/mol. The molecule has 86 valence electrons. The Hall–Kier alpha value is -1.13. The van der Waals surface area contributed by atoms with Gasteiger partial charge in [0.2, 0.25) is 0 Å². The fourth-order valence-corrected chi connectivity index (χ4v) is 2.19. The van der Waals surface area contributed by atoms with Gasteiger partial charge in [-0.3, -0.25) is 15.1 Å². The van der Waals surface area contributed by atoms with Crippen LogP contribution in [-0.4, -0.2) is 24.1 Å². The van der Waals surface area contributed by atoms with E-state index in [1.807, 2.05) is 0 Å². The van der Waals surface area contributed by atoms with Crippen LogP contribution in [0.3, 0.4) is 0 Å². The van der Waals surface area contributed by atoms with Crippen LogP contribution in [0.25, 0.3) is 0 Å². The van der Waals surface area contributed by atoms with E-state index in [2.05, 4.69) is 10.3 Å². The van der Waals surface area contributed by atoms with Crippen molar-refractivity contribution < 1.29 is 9.53 Å². The van der Waals surface area contributed by atoms with E-state index in [-0.39, 0.29) is 18.1 Å². The highest BCUT2D eigenvalue weighted by Crippen LogP contribution is 2.29. The van der Waals surface area contributed by atoms with Crippen molar-refractivity contribution in [2.45, 2.75) is 24.9 Å². The molecule has 1 aliphatic rings. The summed E-state index contributed by atoms with van der Waals surface area (Å²) in [6, 6.07) is 3.39. The number of aromatic nitrogens is 1. The van der Waals surface area contributed by atoms with E-state index in [0.717, 1.165) is 18.5 Å². The molecule has 4 nitrogen and oxygen atoms in total. The Morgan fingerprint density at radius 2 is 2.44 bits per heavy atom. The number of rotatable bonds is 2. The Morgan fingerprint density at radius 3 is 3.12 bits per heavy atom. The van der Waals surface area contributed by atoms with E-state index >= 15 is 0 Å². The Kier molecular flexibility index (Phi) is 3.41. The molecular weight excluding hydrogens is 228 g/mol. The minimum Gasteiger partial charge on any atom is -0.468 e. The van der Waals surface area contributed by atoms with Crippen molar-refractivity contribution in [1.82, 2.24) is 10.3 Å². The SMILES string of the molecule is COC(=O)[C@@H]1CC[C@H](c2ncccc2Cl)N1. The van der Waals surface area contributed by atoms with Gasteiger partial charge in [0, 0.05) is 6.20 Å². The Balaban J connectivity index is 2.09. The van der Waals surface area contributed by atoms with Crippen molar-refractivity contribution in [1.29, 1.82) is 0 Å². The lowest BCUT2D eigenvalue weighted by molar-refractivity contribution is -0.142. The van der Waals surface area contributed by atoms with Gasteiger partial charge in [-0.15, -0.1) is 0 Å². The second-order valence-corrected chi connectivity index (χ2v) is 4.15. The molecule has 1 saturated heterocycles. The lowest BCUT2D eigenvalue weighted by Crippen LogP contribution is -2.33. The lowest BCUT2D eigenvalue weighted by Gasteiger charge is -2.13. The summed E-state index contributed by atoms with van der Waals surface area (Å²) in [4.78, 5) is 15.6. The molecule has 1 aliphatic heterocycles. The maximum Gasteiger partial charge on any atom is 0.322 e. The van der Waals surface area contributed by atoms with Crippen LogP contribution in [0.2, 0.25) is 5.02 Å². The van der Waals surface area contributed by atoms with E-state index in [1.54, 1.807) is 18.3 Å². The quantitative estimate of drug-likeness (QED) is 0.800. The van der Waals surface area contributed by atoms with Crippen LogP contribution in [0.5, 0.6) is 0 Å². The standard InChI is InChI=1S/C11H13ClN2O2/c1-16-11(15)9-5-4-8(14-9)10-7(12)3-2-6-13-10/h2-3,6,8-9,14H,4-5H2,1H3/t8-,9+/m1/s1. The summed E-state index contributed by atoms with van der Waals surface area (Å²) in [7, 11) is 1.39. The maximum atomic E-state index is 11.3. The average Bonchev–Trinajstić information content (AvgIpc) is 2.78. The van der Waals surface area contributed by atoms with Crippen molar-refractivity contribution >= 4 is 17.6 Å². The van der Waals surface area contributed by atoms with Gasteiger partial charge in [0.25, 0.3) is 0 Å². The first-order chi connectivity index (χ1) is 7.72. The van der Waals surface area contributed by atoms with Gasteiger partial charge >= 0.3 is 5.97 Å². The van der Waals surface area contributed by atoms with E-state index in [4.69, 9.17) is 16.3 Å². The first-order valence-corrected chi connectivity index (χ1v) is 5.54. The second kappa shape index (κ2) is 4.80. The zero-order chi connectivity index (χ0) is 11.5. The van der Waals surface area contributed by atoms with Crippen LogP contribution >= 0.6 is 11.6 Å². The van der Waals surface area contributed by atoms with Crippen LogP contribution in [0.1, 0.15) is 24.6 Å². The third-order valence-corrected chi connectivity index (χ3v) is 3.07. The molecule has 0 spiro atoms. The van der Waals surface area contributed by atoms with E-state index < -0.39 is 0 Å². The van der Waals surface area contributed by atoms with Crippen molar-refractivity contribution in [3.8, 4) is 0 Å². The molecule has 2 atom stereocenters. The number of carbonyl (C=O) groups is 1. The maximum absolute atomic E-state index is 11.3. The molecule has 1 fully saturated rings. The summed E-state index contributed by atoms with van der Waals surface area (Å²) in [5.41, 5.74) is 0.801. The normalized spacial score (nSPS) is 24.4. The number of hydrogen-bond acceptors (Lipinski definition) is 4. The first kappa shape index (κ1) is 11.4. The number of nitrogens with zero attached hydrogens (tertiary/aromatic N) is 1. The zero-order valence-electron chi connectivity index (χ0n) is 8.94. The number of carbonyl (C=O) groups excluding carboxylic acids is 1. The predicted octanol–water partition coefficient (Wildman–Crippen LogP) is 1.70. The van der Waals surface area contributed by atoms with Crippen LogP contribution in [0, 0.1) is 0 Å². The van der Waals surface area contributed by atoms with Crippen LogP contribution in [0.4, 0.5) is 0 Å². The summed E-state index contributed by atoms with van der Waals surface area (Å²) >= 11 is 6.05. The fourth-order valence-electron chi connectivity index (χ4n) is 1.94. The minimum absolute atomic E-state index is 0.0396. The van der Waals surface area contributed by atoms with Crippen LogP contribution in [-0.2, 0) is 9.53 Å². The molecule has 2 rings (SSSR count). The van der Waals surface area contributed by atoms with E-state index in [0.29, 0.717) is 5.02 Å². The Morgan fingerprint density at radius 1 is 1.62 bits per heavy atom. The highest BCUT2D eigenvalue weighted by atomic mass is 35.5. The predicted molar refractivity (Wildman–Crippen MR) is 60.2 cm³/mol. The molecule has 5 heteroatoms. The molecule has 0 amide bonds. The lowest BCUT2D eigenvalue weighted by atomic mass is 10.1. The second-order valence-electron chi connectivity index (χ2n) is 3.74. The zero-order valence-corrected chi connectivity index (χ0v) is 9.70. The third-order valence-electron chi connectivity index (χ3n) is 2.75. The topological polar surface area (TPSA) is 51.2 Å². The van der Waals surface area contributed by atoms with Gasteiger partial charge in [-0.2, -0.15) is 0 Å². The number of pyridine rings is 1. The van der Waals surface area contributed by atoms with Gasteiger partial charge in [-0.25, -0.2) is 0 Å². The molecular formula is C11H13ClN2O2. The summed E-state index contributed by atoms with van der Waals surface area (Å²) in [5.74, 6) is -0.227. The Labute approximate surface area is 99.0 Å². The summed E-state index contributed by atoms with van der Waals surface area (Å²) < 4.78 is 4.69. The van der Waals surface area contributed by atoms with Gasteiger partial charge in [0.15, 0.2) is 0 Å². The number of halogens is 1. The van der Waals surface area contributed by atoms with Crippen molar-refractivity contribution in [2.75, 3.05) is 7.11 Å². The molecule has 1 aromatic rings. The fraction of sp³-hybridized carbons (Fsp3) is 0.455. The Bertz CT molecular complexity index is 397. The molecule has 1 N–H and O–H groups in total. The minimum atomic E-state index is -0.243. The van der Waals surface area contributed by atoms with Crippen molar-refractivity contribution in [2.24, 2.45) is 0 Å². The molecule has 0 unspecified atom stereocenters. The number of ether oxygens (including phenoxy) is 1. The summed E-state index contributed by atoms with van der Waals surface area (Å²) in [5, 5.41) is 3.81. The molecule has 0 bridgehead atoms. The number of esters is 1. The van der Waals surface area contributed by atoms with Crippen molar-refractivity contribution in [3.05, 3.63) is 29.0 Å². The number of nitrogens with one attached hydrogen (secondary N) is 1. The molecule has 2 heterocycles. The molecule has 0 radical (unpaired) electrons. The number of methoxy groups -OCH3 is 1. The van der Waals surface area contributed by atoms with Gasteiger partial charge in [0.1, 0.15) is 6.04 Å². The molecule has 0 aromatic carbocycles. The van der Waals surface area contributed by atoms with E-state index in [9.17, 15) is 4.79 Å². The highest BCUT2D eigenvalue weighted by Gasteiger charge is 2.32. The van der Waals surface area contributed by atoms with E-state index in [1.165, 1.54) is 7.11 Å². The summed E-state index contributed by atoms with van der Waals surface area (Å²) in [6.07, 6.45) is 3.30. The molecule has 0 saturated carbocycles. The van der Waals surface area contributed by atoms with Gasteiger partial charge < -0.3 is 4.74 Å². The largest absolute Gasteiger partial charge is 0.468 e. The molecule has 1 aromatic heterocycles. The highest BCUT2D eigenvalue weighted by molar-refractivity contribution is 6.31. The first-order valence-electron chi connectivity index (χ1n) is 5.16. The third kappa shape index (κ3) is 2.18. The average molecular weight is 241 g/mol. The van der Waals surface area contributed by atoms with Gasteiger partial charge in [-0.1, -0.05) is 11.6 Å². The van der Waals surface area contributed by atoms with Gasteiger partial charge in [-0.05, 0) is 25.0 Å². The molecule has 0 aliphatic carbocycles. The number of hydrogen-bond donors (Lipinski definition) is 1. The smallest absolute Gasteiger partial charge is 0.322 e. The van der Waals surface area contributed by atoms with Crippen LogP contribution in [0.15, 0.2) is 18.3 Å². The summed E-state index contributed by atoms with van der Waals surface area (Å²) in [6.45, 7) is 0.